The van der Waals surface area contributed by atoms with Crippen LogP contribution in [-0.2, 0) is 4.79 Å². The normalized spacial score (nSPS) is 20.8. The van der Waals surface area contributed by atoms with Crippen molar-refractivity contribution in [2.45, 2.75) is 37.9 Å². The van der Waals surface area contributed by atoms with Crippen LogP contribution in [0.1, 0.15) is 25.7 Å². The number of rotatable bonds is 5. The van der Waals surface area contributed by atoms with Crippen LogP contribution in [0.5, 0.6) is 5.75 Å². The number of nitro groups is 1. The third-order valence-corrected chi connectivity index (χ3v) is 4.32. The van der Waals surface area contributed by atoms with E-state index in [0.717, 1.165) is 6.07 Å². The Morgan fingerprint density at radius 3 is 2.64 bits per heavy atom. The first kappa shape index (κ1) is 19.3. The topological polar surface area (TPSA) is 81.5 Å². The van der Waals surface area contributed by atoms with Gasteiger partial charge in [0.05, 0.1) is 10.8 Å². The lowest BCUT2D eigenvalue weighted by Gasteiger charge is -2.33. The highest BCUT2D eigenvalue weighted by molar-refractivity contribution is 6.32. The molecular weight excluding hydrogens is 365 g/mol. The second-order valence-electron chi connectivity index (χ2n) is 5.77. The summed E-state index contributed by atoms with van der Waals surface area (Å²) in [6.07, 6.45) is -3.00. The molecule has 2 atom stereocenters. The van der Waals surface area contributed by atoms with Gasteiger partial charge in [-0.15, -0.1) is 0 Å². The lowest BCUT2D eigenvalue weighted by Crippen LogP contribution is -2.48. The maximum Gasteiger partial charge on any atom is 0.393 e. The molecule has 0 radical (unpaired) electrons. The molecule has 25 heavy (non-hydrogen) atoms. The molecule has 0 heterocycles. The van der Waals surface area contributed by atoms with Crippen LogP contribution in [0.2, 0.25) is 5.02 Å². The number of carbonyl (C=O) groups excluding carboxylic acids is 1. The fourth-order valence-electron chi connectivity index (χ4n) is 2.82. The van der Waals surface area contributed by atoms with Crippen molar-refractivity contribution in [2.75, 3.05) is 6.61 Å². The van der Waals surface area contributed by atoms with Gasteiger partial charge in [-0.05, 0) is 18.9 Å². The van der Waals surface area contributed by atoms with Crippen LogP contribution in [-0.4, -0.2) is 29.7 Å². The van der Waals surface area contributed by atoms with Crippen LogP contribution in [0.15, 0.2) is 18.2 Å². The maximum atomic E-state index is 13.0. The molecule has 2 unspecified atom stereocenters. The average Bonchev–Trinajstić information content (AvgIpc) is 2.52. The maximum absolute atomic E-state index is 13.0. The minimum absolute atomic E-state index is 0.00668. The zero-order chi connectivity index (χ0) is 18.6. The summed E-state index contributed by atoms with van der Waals surface area (Å²) in [6, 6.07) is 2.59. The quantitative estimate of drug-likeness (QED) is 0.621. The number of ether oxygens (including phenoxy) is 1. The lowest BCUT2D eigenvalue weighted by atomic mass is 9.84. The number of nitrogens with zero attached hydrogens (tertiary/aromatic N) is 1. The molecule has 1 N–H and O–H groups in total. The summed E-state index contributed by atoms with van der Waals surface area (Å²) in [6.45, 7) is -0.505. The Morgan fingerprint density at radius 2 is 2.04 bits per heavy atom. The molecule has 2 rings (SSSR count). The SMILES string of the molecule is O=C(COc1ccc([N+](=O)[O-])c(Cl)c1)NC1CCCCC1C(F)(F)F. The molecule has 0 bridgehead atoms. The Balaban J connectivity index is 1.92. The number of nitro benzene ring substituents is 1. The third-order valence-electron chi connectivity index (χ3n) is 4.02. The molecule has 1 aromatic carbocycles. The van der Waals surface area contributed by atoms with Crippen molar-refractivity contribution in [1.29, 1.82) is 0 Å². The average molecular weight is 381 g/mol. The molecule has 1 fully saturated rings. The van der Waals surface area contributed by atoms with E-state index in [1.165, 1.54) is 12.1 Å². The number of carbonyl (C=O) groups is 1. The van der Waals surface area contributed by atoms with Gasteiger partial charge in [0.25, 0.3) is 11.6 Å². The van der Waals surface area contributed by atoms with Crippen LogP contribution in [0, 0.1) is 16.0 Å². The second kappa shape index (κ2) is 7.90. The highest BCUT2D eigenvalue weighted by Crippen LogP contribution is 2.37. The number of amides is 1. The summed E-state index contributed by atoms with van der Waals surface area (Å²) in [7, 11) is 0. The van der Waals surface area contributed by atoms with E-state index in [9.17, 15) is 28.1 Å². The number of hydrogen-bond acceptors (Lipinski definition) is 4. The lowest BCUT2D eigenvalue weighted by molar-refractivity contribution is -0.384. The first-order valence-corrected chi connectivity index (χ1v) is 7.99. The van der Waals surface area contributed by atoms with Gasteiger partial charge >= 0.3 is 6.18 Å². The smallest absolute Gasteiger partial charge is 0.393 e. The van der Waals surface area contributed by atoms with Crippen molar-refractivity contribution < 1.29 is 27.6 Å². The molecule has 1 aliphatic carbocycles. The predicted octanol–water partition coefficient (Wildman–Crippen LogP) is 3.86. The van der Waals surface area contributed by atoms with Crippen LogP contribution < -0.4 is 10.1 Å². The van der Waals surface area contributed by atoms with E-state index in [0.29, 0.717) is 12.8 Å². The summed E-state index contributed by atoms with van der Waals surface area (Å²) >= 11 is 5.72. The van der Waals surface area contributed by atoms with E-state index in [1.807, 2.05) is 0 Å². The van der Waals surface area contributed by atoms with E-state index < -0.39 is 35.6 Å². The van der Waals surface area contributed by atoms with Crippen molar-refractivity contribution in [3.05, 3.63) is 33.3 Å². The van der Waals surface area contributed by atoms with E-state index in [-0.39, 0.29) is 29.3 Å². The zero-order valence-electron chi connectivity index (χ0n) is 13.0. The Hall–Kier alpha value is -2.03. The van der Waals surface area contributed by atoms with E-state index >= 15 is 0 Å². The van der Waals surface area contributed by atoms with Gasteiger partial charge in [-0.25, -0.2) is 0 Å². The summed E-state index contributed by atoms with van der Waals surface area (Å²) < 4.78 is 44.1. The molecule has 0 saturated heterocycles. The number of halogens is 4. The van der Waals surface area contributed by atoms with Crippen molar-refractivity contribution >= 4 is 23.2 Å². The molecule has 1 aromatic rings. The number of benzene rings is 1. The molecule has 1 saturated carbocycles. The molecule has 1 aliphatic rings. The molecule has 0 aromatic heterocycles. The Bertz CT molecular complexity index is 654. The Labute approximate surface area is 146 Å². The van der Waals surface area contributed by atoms with Crippen molar-refractivity contribution in [2.24, 2.45) is 5.92 Å². The van der Waals surface area contributed by atoms with Gasteiger partial charge in [-0.3, -0.25) is 14.9 Å². The van der Waals surface area contributed by atoms with Crippen molar-refractivity contribution in [3.63, 3.8) is 0 Å². The van der Waals surface area contributed by atoms with E-state index in [4.69, 9.17) is 16.3 Å². The van der Waals surface area contributed by atoms with Gasteiger partial charge in [0.1, 0.15) is 10.8 Å². The van der Waals surface area contributed by atoms with Gasteiger partial charge in [0.2, 0.25) is 0 Å². The summed E-state index contributed by atoms with van der Waals surface area (Å²) in [5.41, 5.74) is -0.311. The molecule has 138 valence electrons. The number of alkyl halides is 3. The first-order chi connectivity index (χ1) is 11.7. The van der Waals surface area contributed by atoms with Crippen LogP contribution in [0.3, 0.4) is 0 Å². The number of nitrogens with one attached hydrogen (secondary N) is 1. The van der Waals surface area contributed by atoms with Gasteiger partial charge in [-0.1, -0.05) is 24.4 Å². The highest BCUT2D eigenvalue weighted by Gasteiger charge is 2.45. The Kier molecular flexibility index (Phi) is 6.10. The van der Waals surface area contributed by atoms with E-state index in [1.54, 1.807) is 0 Å². The monoisotopic (exact) mass is 380 g/mol. The van der Waals surface area contributed by atoms with Gasteiger partial charge in [0.15, 0.2) is 6.61 Å². The van der Waals surface area contributed by atoms with E-state index in [2.05, 4.69) is 5.32 Å². The molecule has 0 spiro atoms. The summed E-state index contributed by atoms with van der Waals surface area (Å²) in [5, 5.41) is 12.9. The minimum atomic E-state index is -4.36. The van der Waals surface area contributed by atoms with Crippen LogP contribution in [0.4, 0.5) is 18.9 Å². The third kappa shape index (κ3) is 5.22. The Morgan fingerprint density at radius 1 is 1.36 bits per heavy atom. The van der Waals surface area contributed by atoms with Crippen LogP contribution in [0.25, 0.3) is 0 Å². The summed E-state index contributed by atoms with van der Waals surface area (Å²) in [4.78, 5) is 21.9. The van der Waals surface area contributed by atoms with Gasteiger partial charge in [-0.2, -0.15) is 13.2 Å². The molecule has 10 heteroatoms. The van der Waals surface area contributed by atoms with Gasteiger partial charge < -0.3 is 10.1 Å². The highest BCUT2D eigenvalue weighted by atomic mass is 35.5. The molecule has 6 nitrogen and oxygen atoms in total. The van der Waals surface area contributed by atoms with Gasteiger partial charge in [0, 0.05) is 18.2 Å². The fourth-order valence-corrected chi connectivity index (χ4v) is 3.06. The fraction of sp³-hybridized carbons (Fsp3) is 0.533. The molecule has 1 amide bonds. The number of hydrogen-bond donors (Lipinski definition) is 1. The largest absolute Gasteiger partial charge is 0.484 e. The minimum Gasteiger partial charge on any atom is -0.484 e. The molecular formula is C15H16ClF3N2O4. The first-order valence-electron chi connectivity index (χ1n) is 7.61. The summed E-state index contributed by atoms with van der Waals surface area (Å²) in [5.74, 6) is -2.13. The second-order valence-corrected chi connectivity index (χ2v) is 6.17. The molecule has 0 aliphatic heterocycles. The van der Waals surface area contributed by atoms with Crippen molar-refractivity contribution in [1.82, 2.24) is 5.32 Å². The van der Waals surface area contributed by atoms with Crippen LogP contribution >= 0.6 is 11.6 Å². The zero-order valence-corrected chi connectivity index (χ0v) is 13.8. The van der Waals surface area contributed by atoms with Crippen molar-refractivity contribution in [3.8, 4) is 5.75 Å². The predicted molar refractivity (Wildman–Crippen MR) is 83.5 cm³/mol. The standard InChI is InChI=1S/C15H16ClF3N2O4/c16-11-7-9(5-6-13(11)21(23)24)25-8-14(22)20-12-4-2-1-3-10(12)15(17,18)19/h5-7,10,12H,1-4,8H2,(H,20,22).